The Morgan fingerprint density at radius 3 is 2.06 bits per heavy atom. The van der Waals surface area contributed by atoms with Crippen molar-refractivity contribution in [2.45, 2.75) is 37.9 Å². The third kappa shape index (κ3) is 6.63. The second-order valence-electron chi connectivity index (χ2n) is 7.94. The highest BCUT2D eigenvalue weighted by Crippen LogP contribution is 2.36. The molecule has 12 heteroatoms. The van der Waals surface area contributed by atoms with Gasteiger partial charge in [0.15, 0.2) is 6.10 Å². The molecule has 3 aromatic carbocycles. The molecule has 3 aromatic rings. The maximum Gasteiger partial charge on any atom is 0.417 e. The van der Waals surface area contributed by atoms with Gasteiger partial charge in [-0.25, -0.2) is 8.42 Å². The minimum Gasteiger partial charge on any atom is -0.481 e. The van der Waals surface area contributed by atoms with Gasteiger partial charge in [-0.2, -0.15) is 13.2 Å². The fraction of sp³-hybridized carbons (Fsp3) is 0.208. The van der Waals surface area contributed by atoms with Crippen LogP contribution in [0.15, 0.2) is 59.5 Å². The van der Waals surface area contributed by atoms with Gasteiger partial charge in [-0.15, -0.1) is 0 Å². The van der Waals surface area contributed by atoms with Crippen molar-refractivity contribution >= 4 is 50.5 Å². The van der Waals surface area contributed by atoms with Gasteiger partial charge in [0.1, 0.15) is 5.75 Å². The number of rotatable bonds is 7. The van der Waals surface area contributed by atoms with E-state index in [-0.39, 0.29) is 10.6 Å². The van der Waals surface area contributed by atoms with Crippen LogP contribution in [-0.4, -0.2) is 20.4 Å². The molecular weight excluding hydrogens is 540 g/mol. The Kier molecular flexibility index (Phi) is 8.12. The van der Waals surface area contributed by atoms with Crippen LogP contribution in [0, 0.1) is 13.8 Å². The Morgan fingerprint density at radius 1 is 0.944 bits per heavy atom. The molecule has 1 atom stereocenters. The lowest BCUT2D eigenvalue weighted by molar-refractivity contribution is -0.137. The number of aryl methyl sites for hydroxylation is 2. The van der Waals surface area contributed by atoms with E-state index >= 15 is 0 Å². The zero-order valence-corrected chi connectivity index (χ0v) is 21.5. The van der Waals surface area contributed by atoms with Gasteiger partial charge in [0, 0.05) is 16.4 Å². The molecule has 0 aliphatic heterocycles. The summed E-state index contributed by atoms with van der Waals surface area (Å²) < 4.78 is 72.2. The lowest BCUT2D eigenvalue weighted by atomic mass is 10.1. The van der Waals surface area contributed by atoms with Crippen molar-refractivity contribution in [3.8, 4) is 5.75 Å². The van der Waals surface area contributed by atoms with Gasteiger partial charge in [0.2, 0.25) is 0 Å². The second kappa shape index (κ2) is 10.6. The van der Waals surface area contributed by atoms with E-state index in [2.05, 4.69) is 10.0 Å². The lowest BCUT2D eigenvalue weighted by Crippen LogP contribution is -2.30. The molecule has 0 aliphatic carbocycles. The van der Waals surface area contributed by atoms with Crippen molar-refractivity contribution in [2.75, 3.05) is 10.0 Å². The van der Waals surface area contributed by atoms with Gasteiger partial charge >= 0.3 is 6.18 Å². The molecule has 0 fully saturated rings. The van der Waals surface area contributed by atoms with Crippen molar-refractivity contribution in [2.24, 2.45) is 0 Å². The second-order valence-corrected chi connectivity index (χ2v) is 10.4. The number of benzene rings is 3. The molecule has 0 saturated heterocycles. The van der Waals surface area contributed by atoms with E-state index in [9.17, 15) is 26.4 Å². The zero-order chi connectivity index (χ0) is 26.8. The van der Waals surface area contributed by atoms with E-state index in [1.54, 1.807) is 19.1 Å². The molecule has 0 aromatic heterocycles. The molecule has 0 aliphatic rings. The van der Waals surface area contributed by atoms with Gasteiger partial charge < -0.3 is 10.1 Å². The van der Waals surface area contributed by atoms with Gasteiger partial charge in [0.25, 0.3) is 15.9 Å². The normalized spacial score (nSPS) is 12.7. The monoisotopic (exact) mass is 560 g/mol. The maximum absolute atomic E-state index is 13.1. The summed E-state index contributed by atoms with van der Waals surface area (Å²) in [6.07, 6.45) is -5.62. The summed E-state index contributed by atoms with van der Waals surface area (Å²) in [5.41, 5.74) is 0.435. The van der Waals surface area contributed by atoms with Crippen LogP contribution in [0.1, 0.15) is 23.6 Å². The summed E-state index contributed by atoms with van der Waals surface area (Å²) >= 11 is 11.7. The van der Waals surface area contributed by atoms with Crippen LogP contribution < -0.4 is 14.8 Å². The fourth-order valence-electron chi connectivity index (χ4n) is 3.21. The molecule has 0 heterocycles. The molecule has 0 saturated carbocycles. The quantitative estimate of drug-likeness (QED) is 0.331. The SMILES string of the molecule is Cc1cc(O[C@@H](C)C(=O)Nc2ccc(S(=O)(=O)Nc3ccc(Cl)c(C(F)(F)F)c3)cc2)cc(C)c1Cl. The molecule has 1 amide bonds. The Hall–Kier alpha value is -2.95. The van der Waals surface area contributed by atoms with E-state index in [1.165, 1.54) is 24.3 Å². The van der Waals surface area contributed by atoms with Crippen molar-refractivity contribution in [1.29, 1.82) is 0 Å². The third-order valence-corrected chi connectivity index (χ3v) is 7.37. The van der Waals surface area contributed by atoms with Crippen molar-refractivity contribution < 1.29 is 31.1 Å². The first-order valence-electron chi connectivity index (χ1n) is 10.4. The number of halogens is 5. The standard InChI is InChI=1S/C24H21Cl2F3N2O4S/c1-13-10-18(11-14(2)22(13)26)35-15(3)23(32)30-16-4-7-19(8-5-16)36(33,34)31-17-6-9-21(25)20(12-17)24(27,28)29/h4-12,15,31H,1-3H3,(H,30,32)/t15-/m0/s1. The van der Waals surface area contributed by atoms with Crippen LogP contribution in [0.25, 0.3) is 0 Å². The first-order valence-corrected chi connectivity index (χ1v) is 12.6. The van der Waals surface area contributed by atoms with Crippen molar-refractivity contribution in [1.82, 2.24) is 0 Å². The van der Waals surface area contributed by atoms with Gasteiger partial charge in [-0.05, 0) is 86.5 Å². The van der Waals surface area contributed by atoms with Gasteiger partial charge in [-0.3, -0.25) is 9.52 Å². The Bertz CT molecular complexity index is 1370. The number of carbonyl (C=O) groups excluding carboxylic acids is 1. The van der Waals surface area contributed by atoms with Crippen LogP contribution >= 0.6 is 23.2 Å². The minimum atomic E-state index is -4.75. The number of amides is 1. The number of anilines is 2. The first kappa shape index (κ1) is 27.6. The molecule has 36 heavy (non-hydrogen) atoms. The molecular formula is C24H21Cl2F3N2O4S. The summed E-state index contributed by atoms with van der Waals surface area (Å²) in [6, 6.07) is 11.2. The molecule has 192 valence electrons. The number of hydrogen-bond donors (Lipinski definition) is 2. The highest BCUT2D eigenvalue weighted by Gasteiger charge is 2.33. The molecule has 0 radical (unpaired) electrons. The average Bonchev–Trinajstić information content (AvgIpc) is 2.78. The molecule has 0 spiro atoms. The predicted octanol–water partition coefficient (Wildman–Crippen LogP) is 6.84. The summed E-state index contributed by atoms with van der Waals surface area (Å²) in [5, 5.41) is 2.68. The number of nitrogens with one attached hydrogen (secondary N) is 2. The first-order chi connectivity index (χ1) is 16.7. The maximum atomic E-state index is 13.1. The van der Waals surface area contributed by atoms with Crippen LogP contribution in [0.5, 0.6) is 5.75 Å². The number of alkyl halides is 3. The summed E-state index contributed by atoms with van der Waals surface area (Å²) in [5.74, 6) is -0.00437. The smallest absolute Gasteiger partial charge is 0.417 e. The number of carbonyl (C=O) groups is 1. The Morgan fingerprint density at radius 2 is 1.50 bits per heavy atom. The summed E-state index contributed by atoms with van der Waals surface area (Å²) in [4.78, 5) is 12.3. The summed E-state index contributed by atoms with van der Waals surface area (Å²) in [6.45, 7) is 5.19. The zero-order valence-electron chi connectivity index (χ0n) is 19.2. The van der Waals surface area contributed by atoms with Crippen molar-refractivity contribution in [3.63, 3.8) is 0 Å². The fourth-order valence-corrected chi connectivity index (χ4v) is 4.60. The van der Waals surface area contributed by atoms with Crippen LogP contribution in [0.2, 0.25) is 10.0 Å². The van der Waals surface area contributed by atoms with E-state index in [0.29, 0.717) is 22.5 Å². The predicted molar refractivity (Wildman–Crippen MR) is 133 cm³/mol. The molecule has 0 unspecified atom stereocenters. The van der Waals surface area contributed by atoms with Crippen molar-refractivity contribution in [3.05, 3.63) is 81.3 Å². The highest BCUT2D eigenvalue weighted by molar-refractivity contribution is 7.92. The van der Waals surface area contributed by atoms with E-state index in [1.807, 2.05) is 13.8 Å². The third-order valence-electron chi connectivity index (χ3n) is 5.05. The number of sulfonamides is 1. The minimum absolute atomic E-state index is 0.222. The lowest BCUT2D eigenvalue weighted by Gasteiger charge is -2.16. The van der Waals surface area contributed by atoms with E-state index in [0.717, 1.165) is 23.3 Å². The molecule has 2 N–H and O–H groups in total. The van der Waals surface area contributed by atoms with Crippen LogP contribution in [0.3, 0.4) is 0 Å². The highest BCUT2D eigenvalue weighted by atomic mass is 35.5. The molecule has 0 bridgehead atoms. The number of ether oxygens (including phenoxy) is 1. The Balaban J connectivity index is 1.68. The van der Waals surface area contributed by atoms with E-state index < -0.39 is 38.8 Å². The largest absolute Gasteiger partial charge is 0.481 e. The van der Waals surface area contributed by atoms with Crippen LogP contribution in [-0.2, 0) is 21.0 Å². The molecule has 6 nitrogen and oxygen atoms in total. The average molecular weight is 561 g/mol. The van der Waals surface area contributed by atoms with Crippen LogP contribution in [0.4, 0.5) is 24.5 Å². The topological polar surface area (TPSA) is 84.5 Å². The molecule has 3 rings (SSSR count). The van der Waals surface area contributed by atoms with E-state index in [4.69, 9.17) is 27.9 Å². The van der Waals surface area contributed by atoms with Gasteiger partial charge in [-0.1, -0.05) is 23.2 Å². The number of hydrogen-bond acceptors (Lipinski definition) is 4. The Labute approximate surface area is 216 Å². The summed E-state index contributed by atoms with van der Waals surface area (Å²) in [7, 11) is -4.21. The van der Waals surface area contributed by atoms with Gasteiger partial charge in [0.05, 0.1) is 15.5 Å².